The SMILES string of the molecule is CC.CC(=O)Oc1ccccc1C(=O)OCCOC(=O)c1ccccc1OC(C)=O. The summed E-state index contributed by atoms with van der Waals surface area (Å²) in [7, 11) is 0. The van der Waals surface area contributed by atoms with Gasteiger partial charge in [0.2, 0.25) is 0 Å². The first-order valence-corrected chi connectivity index (χ1v) is 9.27. The zero-order valence-electron chi connectivity index (χ0n) is 17.3. The van der Waals surface area contributed by atoms with Crippen LogP contribution >= 0.6 is 0 Å². The second-order valence-corrected chi connectivity index (χ2v) is 5.45. The predicted octanol–water partition coefficient (Wildman–Crippen LogP) is 3.58. The fraction of sp³-hybridized carbons (Fsp3) is 0.273. The molecule has 0 unspecified atom stereocenters. The molecule has 8 heteroatoms. The summed E-state index contributed by atoms with van der Waals surface area (Å²) < 4.78 is 20.0. The van der Waals surface area contributed by atoms with E-state index in [9.17, 15) is 19.2 Å². The average Bonchev–Trinajstić information content (AvgIpc) is 2.72. The van der Waals surface area contributed by atoms with E-state index >= 15 is 0 Å². The summed E-state index contributed by atoms with van der Waals surface area (Å²) >= 11 is 0. The summed E-state index contributed by atoms with van der Waals surface area (Å²) in [5.74, 6) is -2.44. The van der Waals surface area contributed by atoms with Crippen molar-refractivity contribution in [1.29, 1.82) is 0 Å². The predicted molar refractivity (Wildman–Crippen MR) is 107 cm³/mol. The summed E-state index contributed by atoms with van der Waals surface area (Å²) in [5, 5.41) is 0. The van der Waals surface area contributed by atoms with Gasteiger partial charge in [-0.1, -0.05) is 38.1 Å². The average molecular weight is 416 g/mol. The third-order valence-corrected chi connectivity index (χ3v) is 3.27. The molecule has 0 aromatic heterocycles. The second kappa shape index (κ2) is 12.7. The summed E-state index contributed by atoms with van der Waals surface area (Å²) in [4.78, 5) is 46.4. The van der Waals surface area contributed by atoms with Gasteiger partial charge in [0, 0.05) is 13.8 Å². The van der Waals surface area contributed by atoms with Gasteiger partial charge >= 0.3 is 23.9 Å². The van der Waals surface area contributed by atoms with Gasteiger partial charge in [-0.2, -0.15) is 0 Å². The van der Waals surface area contributed by atoms with Crippen molar-refractivity contribution in [3.05, 3.63) is 59.7 Å². The van der Waals surface area contributed by atoms with Crippen molar-refractivity contribution >= 4 is 23.9 Å². The third-order valence-electron chi connectivity index (χ3n) is 3.27. The van der Waals surface area contributed by atoms with Gasteiger partial charge in [0.25, 0.3) is 0 Å². The Bertz CT molecular complexity index is 815. The van der Waals surface area contributed by atoms with Crippen LogP contribution in [-0.2, 0) is 19.1 Å². The van der Waals surface area contributed by atoms with Crippen LogP contribution < -0.4 is 9.47 Å². The molecule has 0 N–H and O–H groups in total. The van der Waals surface area contributed by atoms with Crippen molar-refractivity contribution in [2.24, 2.45) is 0 Å². The quantitative estimate of drug-likeness (QED) is 0.383. The monoisotopic (exact) mass is 416 g/mol. The Hall–Kier alpha value is -3.68. The zero-order chi connectivity index (χ0) is 22.5. The molecule has 0 amide bonds. The van der Waals surface area contributed by atoms with E-state index in [1.54, 1.807) is 24.3 Å². The fourth-order valence-electron chi connectivity index (χ4n) is 2.18. The van der Waals surface area contributed by atoms with Gasteiger partial charge in [-0.3, -0.25) is 9.59 Å². The van der Waals surface area contributed by atoms with E-state index in [4.69, 9.17) is 18.9 Å². The Morgan fingerprint density at radius 3 is 1.30 bits per heavy atom. The number of carbonyl (C=O) groups excluding carboxylic acids is 4. The van der Waals surface area contributed by atoms with Crippen LogP contribution in [0.25, 0.3) is 0 Å². The summed E-state index contributed by atoms with van der Waals surface area (Å²) in [6, 6.07) is 12.2. The lowest BCUT2D eigenvalue weighted by Crippen LogP contribution is -2.16. The summed E-state index contributed by atoms with van der Waals surface area (Å²) in [6.45, 7) is 6.01. The molecule has 0 aliphatic rings. The zero-order valence-corrected chi connectivity index (χ0v) is 17.3. The van der Waals surface area contributed by atoms with Crippen LogP contribution in [0.4, 0.5) is 0 Å². The molecule has 0 aliphatic heterocycles. The number of esters is 4. The number of hydrogen-bond donors (Lipinski definition) is 0. The van der Waals surface area contributed by atoms with E-state index < -0.39 is 23.9 Å². The van der Waals surface area contributed by atoms with E-state index in [0.29, 0.717) is 0 Å². The molecule has 0 aliphatic carbocycles. The molecule has 30 heavy (non-hydrogen) atoms. The van der Waals surface area contributed by atoms with Crippen molar-refractivity contribution in [2.75, 3.05) is 13.2 Å². The Kier molecular flexibility index (Phi) is 10.3. The van der Waals surface area contributed by atoms with E-state index in [1.165, 1.54) is 38.1 Å². The molecule has 0 atom stereocenters. The van der Waals surface area contributed by atoms with Gasteiger partial charge in [0.15, 0.2) is 0 Å². The molecule has 2 aromatic rings. The van der Waals surface area contributed by atoms with Crippen LogP contribution in [-0.4, -0.2) is 37.1 Å². The molecule has 2 aromatic carbocycles. The van der Waals surface area contributed by atoms with E-state index in [0.717, 1.165) is 0 Å². The van der Waals surface area contributed by atoms with Crippen LogP contribution in [0, 0.1) is 0 Å². The molecule has 160 valence electrons. The molecule has 0 spiro atoms. The Morgan fingerprint density at radius 1 is 0.633 bits per heavy atom. The van der Waals surface area contributed by atoms with Gasteiger partial charge in [-0.25, -0.2) is 9.59 Å². The molecule has 0 heterocycles. The van der Waals surface area contributed by atoms with Crippen LogP contribution in [0.1, 0.15) is 48.4 Å². The second-order valence-electron chi connectivity index (χ2n) is 5.45. The van der Waals surface area contributed by atoms with Crippen molar-refractivity contribution in [2.45, 2.75) is 27.7 Å². The molecule has 0 saturated heterocycles. The highest BCUT2D eigenvalue weighted by Crippen LogP contribution is 2.20. The number of para-hydroxylation sites is 2. The molecule has 2 rings (SSSR count). The summed E-state index contributed by atoms with van der Waals surface area (Å²) in [5.41, 5.74) is 0.147. The van der Waals surface area contributed by atoms with Gasteiger partial charge in [0.1, 0.15) is 35.8 Å². The maximum atomic E-state index is 12.1. The van der Waals surface area contributed by atoms with E-state index in [-0.39, 0.29) is 35.8 Å². The van der Waals surface area contributed by atoms with Gasteiger partial charge in [-0.05, 0) is 24.3 Å². The maximum Gasteiger partial charge on any atom is 0.342 e. The number of rotatable bonds is 7. The van der Waals surface area contributed by atoms with Gasteiger partial charge < -0.3 is 18.9 Å². The lowest BCUT2D eigenvalue weighted by Gasteiger charge is -2.10. The highest BCUT2D eigenvalue weighted by molar-refractivity contribution is 5.94. The van der Waals surface area contributed by atoms with E-state index in [1.807, 2.05) is 13.8 Å². The fourth-order valence-corrected chi connectivity index (χ4v) is 2.18. The number of benzene rings is 2. The molecule has 0 saturated carbocycles. The third kappa shape index (κ3) is 7.75. The molecular formula is C22H24O8. The minimum atomic E-state index is -0.729. The first-order valence-electron chi connectivity index (χ1n) is 9.27. The van der Waals surface area contributed by atoms with Crippen molar-refractivity contribution in [3.8, 4) is 11.5 Å². The highest BCUT2D eigenvalue weighted by atomic mass is 16.6. The number of hydrogen-bond acceptors (Lipinski definition) is 8. The molecular weight excluding hydrogens is 392 g/mol. The first kappa shape index (κ1) is 24.4. The molecule has 8 nitrogen and oxygen atoms in total. The summed E-state index contributed by atoms with van der Waals surface area (Å²) in [6.07, 6.45) is 0. The van der Waals surface area contributed by atoms with Crippen LogP contribution in [0.2, 0.25) is 0 Å². The first-order chi connectivity index (χ1) is 14.4. The lowest BCUT2D eigenvalue weighted by atomic mass is 10.2. The van der Waals surface area contributed by atoms with Crippen molar-refractivity contribution in [3.63, 3.8) is 0 Å². The van der Waals surface area contributed by atoms with Crippen LogP contribution in [0.5, 0.6) is 11.5 Å². The van der Waals surface area contributed by atoms with Crippen LogP contribution in [0.15, 0.2) is 48.5 Å². The van der Waals surface area contributed by atoms with Crippen LogP contribution in [0.3, 0.4) is 0 Å². The molecule has 0 fully saturated rings. The van der Waals surface area contributed by atoms with Crippen molar-refractivity contribution in [1.82, 2.24) is 0 Å². The maximum absolute atomic E-state index is 12.1. The smallest absolute Gasteiger partial charge is 0.342 e. The minimum Gasteiger partial charge on any atom is -0.458 e. The normalized spacial score (nSPS) is 9.47. The topological polar surface area (TPSA) is 105 Å². The number of carbonyl (C=O) groups is 4. The largest absolute Gasteiger partial charge is 0.458 e. The number of ether oxygens (including phenoxy) is 4. The molecule has 0 radical (unpaired) electrons. The van der Waals surface area contributed by atoms with E-state index in [2.05, 4.69) is 0 Å². The Labute approximate surface area is 174 Å². The Balaban J connectivity index is 0.00000218. The standard InChI is InChI=1S/C20H18O8.C2H6/c1-13(21)27-17-9-5-3-7-15(17)19(23)25-11-12-26-20(24)16-8-4-6-10-18(16)28-14(2)22;1-2/h3-10H,11-12H2,1-2H3;1-2H3. The Morgan fingerprint density at radius 2 is 0.967 bits per heavy atom. The van der Waals surface area contributed by atoms with Crippen molar-refractivity contribution < 1.29 is 38.1 Å². The highest BCUT2D eigenvalue weighted by Gasteiger charge is 2.17. The molecule has 0 bridgehead atoms. The lowest BCUT2D eigenvalue weighted by molar-refractivity contribution is -0.132. The van der Waals surface area contributed by atoms with Gasteiger partial charge in [-0.15, -0.1) is 0 Å². The minimum absolute atomic E-state index is 0.0734. The van der Waals surface area contributed by atoms with Gasteiger partial charge in [0.05, 0.1) is 0 Å².